The molecule has 3 aliphatic rings. The van der Waals surface area contributed by atoms with Gasteiger partial charge < -0.3 is 55.5 Å². The Morgan fingerprint density at radius 3 is 1.67 bits per heavy atom. The van der Waals surface area contributed by atoms with Crippen molar-refractivity contribution in [1.29, 1.82) is 0 Å². The number of ketones is 1. The van der Waals surface area contributed by atoms with Crippen molar-refractivity contribution in [3.63, 3.8) is 0 Å². The van der Waals surface area contributed by atoms with Gasteiger partial charge in [-0.15, -0.1) is 11.3 Å². The molecule has 478 valence electrons. The number of carbonyl (C=O) groups excluding carboxylic acids is 1. The minimum atomic E-state index is 0.185. The predicted molar refractivity (Wildman–Crippen MR) is 360 cm³/mol. The number of carbonyl (C=O) groups is 1. The first-order valence-corrected chi connectivity index (χ1v) is 33.5. The molecule has 0 saturated heterocycles. The number of aromatic nitrogens is 3. The van der Waals surface area contributed by atoms with Gasteiger partial charge in [0.1, 0.15) is 30.5 Å². The molecule has 0 radical (unpaired) electrons. The number of nitrogens with zero attached hydrogens (tertiary/aromatic N) is 3. The Hall–Kier alpha value is -4.88. The summed E-state index contributed by atoms with van der Waals surface area (Å²) < 4.78 is 7.52. The van der Waals surface area contributed by atoms with Crippen LogP contribution >= 0.6 is 50.4 Å². The first-order valence-electron chi connectivity index (χ1n) is 29.9. The van der Waals surface area contributed by atoms with E-state index in [1.54, 1.807) is 42.9 Å². The van der Waals surface area contributed by atoms with Crippen LogP contribution in [-0.4, -0.2) is 112 Å². The molecule has 3 fully saturated rings. The molecule has 0 spiro atoms. The zero-order chi connectivity index (χ0) is 64.6. The number of aryl methyl sites for hydroxylation is 1. The molecule has 0 amide bonds. The number of hydrogen-bond acceptors (Lipinski definition) is 8. The molecule has 0 unspecified atom stereocenters. The van der Waals surface area contributed by atoms with Gasteiger partial charge in [-0.2, -0.15) is 11.8 Å². The van der Waals surface area contributed by atoms with E-state index in [9.17, 15) is 4.79 Å². The van der Waals surface area contributed by atoms with Crippen LogP contribution in [0.3, 0.4) is 0 Å². The monoisotopic (exact) mass is 1310 g/mol. The summed E-state index contributed by atoms with van der Waals surface area (Å²) in [6.45, 7) is 19.8. The maximum atomic E-state index is 11.3. The summed E-state index contributed by atoms with van der Waals surface area (Å²) >= 11 is 8.68. The molecular weight excluding hydrogens is 1190 g/mol. The number of anilines is 2. The van der Waals surface area contributed by atoms with E-state index in [2.05, 4.69) is 130 Å². The van der Waals surface area contributed by atoms with Gasteiger partial charge in [-0.3, -0.25) is 26.5 Å². The lowest BCUT2D eigenvalue weighted by atomic mass is 9.97. The standard InChI is InChI=1S/C10H13NO.C8H17NO.C6H8BrNS.C6H13N.C6H7N.C6H12N.C5H13NS.C4H5N3.C3H4N2S.C3H6N2.C3H7N.C3H5N/c1-8-2-4-9(5-3-8)10(12)6-7-11;9-6-7-10-8-4-2-1-3-5-8;7-6-2-1-5(9-6)3-4-8;2*7-6-4-2-1-3-5-6;1-5-6-7(2,3)4;1-2-4-7-5-3-6;5-4-6-2-1-3-7-4;4-3-5-1-2-6-3;1-5-3-2-4;4-3-1-2-3;1-2-3-4/h2-5H,6-7,11H2,1H3;8H,1-7,9H2;1-2H,3-4,8H2;6H,1-5,7H2;1-5H,7H2;1-4H3;2-6H2,1H3;1-3H,(H2,5,6,7);1-2H,(H2,4,5);2-4H2;3H,1-2,4H2;4H2,1H3/q;;;;;+1;;;;;;/p+11. The maximum absolute atomic E-state index is 11.3. The van der Waals surface area contributed by atoms with Crippen LogP contribution in [0.4, 0.5) is 16.8 Å². The number of halogens is 1. The Morgan fingerprint density at radius 2 is 1.38 bits per heavy atom. The van der Waals surface area contributed by atoms with Crippen LogP contribution in [0, 0.1) is 37.4 Å². The summed E-state index contributed by atoms with van der Waals surface area (Å²) in [5, 5.41) is 2.66. The SMILES string of the molecule is CC#C[N+](C)(C)C.CC#C[NH3+].CCCSCC[NH3+].Cc1ccc(C(=O)CC[NH3+])cc1.Nc1[nH+]ccs1.Nc1nccc[nH+]1.[C-]#[N+]CC[NH3+].[NH3+]C1CC1.[NH3+]C1CCCCC1.[NH3+]CCOC1CCCCC1.[NH3+]CCc1ccc(Br)s1.[NH3+]c1ccccc1. The fourth-order valence-corrected chi connectivity index (χ4v) is 8.97. The van der Waals surface area contributed by atoms with Crippen LogP contribution in [0.15, 0.2) is 101 Å². The Labute approximate surface area is 534 Å². The summed E-state index contributed by atoms with van der Waals surface area (Å²) in [6, 6.07) is 30.5. The Morgan fingerprint density at radius 1 is 0.788 bits per heavy atom. The van der Waals surface area contributed by atoms with E-state index in [0.717, 1.165) is 72.2 Å². The van der Waals surface area contributed by atoms with Gasteiger partial charge in [0.2, 0.25) is 0 Å². The van der Waals surface area contributed by atoms with Crippen LogP contribution < -0.4 is 73.0 Å². The molecule has 0 atom stereocenters. The van der Waals surface area contributed by atoms with Crippen molar-refractivity contribution in [2.24, 2.45) is 0 Å². The molecule has 3 heterocycles. The van der Waals surface area contributed by atoms with Crippen molar-refractivity contribution in [3.05, 3.63) is 128 Å². The molecule has 22 heteroatoms. The number of rotatable bonds is 13. The normalized spacial score (nSPS) is 12.4. The smallest absolute Gasteiger partial charge is 0.372 e. The fraction of sp³-hybridized carbons (Fsp3) is 0.540. The number of benzene rings is 2. The van der Waals surface area contributed by atoms with Crippen molar-refractivity contribution in [3.8, 4) is 23.9 Å². The molecule has 18 nitrogen and oxygen atoms in total. The van der Waals surface area contributed by atoms with Gasteiger partial charge in [0.05, 0.1) is 94.7 Å². The molecule has 2 aromatic carbocycles. The third kappa shape index (κ3) is 71.5. The van der Waals surface area contributed by atoms with Crippen molar-refractivity contribution in [2.45, 2.75) is 142 Å². The highest BCUT2D eigenvalue weighted by Crippen LogP contribution is 2.22. The van der Waals surface area contributed by atoms with Crippen molar-refractivity contribution >= 4 is 72.9 Å². The number of thioether (sulfide) groups is 1. The summed E-state index contributed by atoms with van der Waals surface area (Å²) in [5.41, 5.74) is 46.6. The minimum Gasteiger partial charge on any atom is -0.372 e. The van der Waals surface area contributed by atoms with Crippen LogP contribution in [0.25, 0.3) is 4.85 Å². The van der Waals surface area contributed by atoms with Gasteiger partial charge in [0, 0.05) is 60.7 Å². The number of thiophene rings is 1. The van der Waals surface area contributed by atoms with Crippen LogP contribution in [0.2, 0.25) is 0 Å². The van der Waals surface area contributed by atoms with Crippen molar-refractivity contribution in [1.82, 2.24) is 4.98 Å². The third-order valence-corrected chi connectivity index (χ3v) is 14.4. The quantitative estimate of drug-likeness (QED) is 0.0276. The Balaban J connectivity index is -0.000000426. The third-order valence-electron chi connectivity index (χ3n) is 10.8. The number of ether oxygens (including phenoxy) is 1. The second-order valence-electron chi connectivity index (χ2n) is 20.2. The highest BCUT2D eigenvalue weighted by Gasteiger charge is 2.18. The molecule has 3 aliphatic carbocycles. The van der Waals surface area contributed by atoms with E-state index in [1.165, 1.54) is 121 Å². The summed E-state index contributed by atoms with van der Waals surface area (Å²) in [7, 11) is 6.11. The molecule has 8 rings (SSSR count). The van der Waals surface area contributed by atoms with E-state index in [-0.39, 0.29) is 5.78 Å². The highest BCUT2D eigenvalue weighted by atomic mass is 79.9. The number of aromatic amines is 2. The lowest BCUT2D eigenvalue weighted by molar-refractivity contribution is -0.800. The number of nitrogens with one attached hydrogen (secondary N) is 2. The van der Waals surface area contributed by atoms with Crippen LogP contribution in [-0.2, 0) is 11.2 Å². The van der Waals surface area contributed by atoms with Crippen molar-refractivity contribution < 1.29 is 75.6 Å². The number of nitrogens with two attached hydrogens (primary N) is 2. The molecule has 33 N–H and O–H groups in total. The number of Topliss-reactive ketones (excluding diaryl/α,β-unsaturated/α-hetero) is 1. The van der Waals surface area contributed by atoms with Gasteiger partial charge in [0.15, 0.2) is 5.78 Å². The number of hydrogen-bond donors (Lipinski definition) is 11. The molecule has 85 heavy (non-hydrogen) atoms. The van der Waals surface area contributed by atoms with E-state index < -0.39 is 0 Å². The first kappa shape index (κ1) is 86.6. The molecular formula is C63H121BrN16O2S3+12. The molecule has 3 saturated carbocycles. The molecule has 0 aliphatic heterocycles. The summed E-state index contributed by atoms with van der Waals surface area (Å²) in [4.78, 5) is 25.0. The lowest BCUT2D eigenvalue weighted by Gasteiger charge is -2.20. The van der Waals surface area contributed by atoms with E-state index in [1.807, 2.05) is 107 Å². The number of thiazole rings is 1. The lowest BCUT2D eigenvalue weighted by Crippen LogP contribution is -2.61. The zero-order valence-corrected chi connectivity index (χ0v) is 57.8. The Kier molecular flexibility index (Phi) is 66.3. The molecule has 0 bridgehead atoms. The summed E-state index contributed by atoms with van der Waals surface area (Å²) in [5.74, 6) is 8.56. The summed E-state index contributed by atoms with van der Waals surface area (Å²) in [6.07, 6.45) is 25.2. The Bertz CT molecular complexity index is 2290. The molecule has 3 aromatic heterocycles. The van der Waals surface area contributed by atoms with Gasteiger partial charge >= 0.3 is 11.1 Å². The topological polar surface area (TPSA) is 373 Å². The number of quaternary nitrogens is 10. The highest BCUT2D eigenvalue weighted by molar-refractivity contribution is 9.11. The van der Waals surface area contributed by atoms with Gasteiger partial charge in [-0.05, 0) is 110 Å². The van der Waals surface area contributed by atoms with Gasteiger partial charge in [-0.25, -0.2) is 16.5 Å². The first-order chi connectivity index (χ1) is 40.8. The second-order valence-corrected chi connectivity index (χ2v) is 24.9. The fourth-order valence-electron chi connectivity index (χ4n) is 6.33. The number of nitrogen functional groups attached to an aromatic ring is 2. The van der Waals surface area contributed by atoms with E-state index >= 15 is 0 Å². The van der Waals surface area contributed by atoms with Crippen molar-refractivity contribution in [2.75, 3.05) is 90.0 Å². The molecule has 5 aromatic rings. The van der Waals surface area contributed by atoms with Gasteiger partial charge in [-0.1, -0.05) is 97.0 Å². The average molecular weight is 1310 g/mol. The van der Waals surface area contributed by atoms with E-state index in [4.69, 9.17) is 22.8 Å². The second kappa shape index (κ2) is 65.1. The predicted octanol–water partition coefficient (Wildman–Crippen LogP) is 2.22. The largest absolute Gasteiger partial charge is 0.386 e. The van der Waals surface area contributed by atoms with Gasteiger partial charge in [0.25, 0.3) is 6.54 Å². The zero-order valence-electron chi connectivity index (χ0n) is 53.7. The number of H-pyrrole nitrogens is 2. The maximum Gasteiger partial charge on any atom is 0.386 e. The van der Waals surface area contributed by atoms with E-state index in [0.29, 0.717) is 31.6 Å². The van der Waals surface area contributed by atoms with Crippen LogP contribution in [0.1, 0.15) is 131 Å². The van der Waals surface area contributed by atoms with Crippen LogP contribution in [0.5, 0.6) is 0 Å². The average Bonchev–Trinajstić information content (AvgIpc) is 3.93. The minimum absolute atomic E-state index is 0.185.